The number of rotatable bonds is 5. The van der Waals surface area contributed by atoms with Gasteiger partial charge in [0.25, 0.3) is 0 Å². The summed E-state index contributed by atoms with van der Waals surface area (Å²) in [4.78, 5) is 2.45. The lowest BCUT2D eigenvalue weighted by atomic mass is 9.85. The molecule has 0 aliphatic carbocycles. The van der Waals surface area contributed by atoms with E-state index in [2.05, 4.69) is 49.2 Å². The van der Waals surface area contributed by atoms with E-state index in [0.29, 0.717) is 5.92 Å². The van der Waals surface area contributed by atoms with E-state index >= 15 is 0 Å². The van der Waals surface area contributed by atoms with Crippen molar-refractivity contribution in [2.75, 3.05) is 26.2 Å². The quantitative estimate of drug-likeness (QED) is 0.904. The fourth-order valence-electron chi connectivity index (χ4n) is 3.24. The fourth-order valence-corrected chi connectivity index (χ4v) is 3.24. The molecule has 3 unspecified atom stereocenters. The molecule has 2 rings (SSSR count). The Hall–Kier alpha value is -1.37. The number of hydrogen-bond acceptors (Lipinski definition) is 3. The molecule has 1 heterocycles. The van der Waals surface area contributed by atoms with Crippen molar-refractivity contribution in [3.63, 3.8) is 0 Å². The van der Waals surface area contributed by atoms with Crippen molar-refractivity contribution in [3.8, 4) is 6.07 Å². The van der Waals surface area contributed by atoms with Crippen LogP contribution in [0.4, 0.5) is 0 Å². The predicted molar refractivity (Wildman–Crippen MR) is 86.8 cm³/mol. The average molecular weight is 285 g/mol. The smallest absolute Gasteiger partial charge is 0.145 e. The highest BCUT2D eigenvalue weighted by molar-refractivity contribution is 5.32. The topological polar surface area (TPSA) is 39.1 Å². The number of nitriles is 1. The molecular weight excluding hydrogens is 258 g/mol. The van der Waals surface area contributed by atoms with Gasteiger partial charge in [0.2, 0.25) is 0 Å². The summed E-state index contributed by atoms with van der Waals surface area (Å²) in [6, 6.07) is 12.7. The first-order chi connectivity index (χ1) is 10.1. The molecule has 1 aliphatic rings. The van der Waals surface area contributed by atoms with Gasteiger partial charge < -0.3 is 0 Å². The van der Waals surface area contributed by atoms with Gasteiger partial charge in [-0.3, -0.25) is 10.2 Å². The van der Waals surface area contributed by atoms with Gasteiger partial charge in [0.15, 0.2) is 0 Å². The molecule has 1 saturated heterocycles. The van der Waals surface area contributed by atoms with Gasteiger partial charge in [-0.05, 0) is 36.9 Å². The molecule has 3 nitrogen and oxygen atoms in total. The molecule has 1 fully saturated rings. The van der Waals surface area contributed by atoms with Gasteiger partial charge >= 0.3 is 0 Å². The van der Waals surface area contributed by atoms with E-state index in [1.54, 1.807) is 0 Å². The lowest BCUT2D eigenvalue weighted by molar-refractivity contribution is 0.114. The number of benzene rings is 1. The molecular formula is C18H27N3. The highest BCUT2D eigenvalue weighted by Gasteiger charge is 2.35. The zero-order chi connectivity index (χ0) is 15.3. The van der Waals surface area contributed by atoms with Crippen molar-refractivity contribution >= 4 is 0 Å². The molecule has 0 bridgehead atoms. The Morgan fingerprint density at radius 1 is 1.29 bits per heavy atom. The Bertz CT molecular complexity index is 479. The minimum absolute atomic E-state index is 0.601. The maximum Gasteiger partial charge on any atom is 0.145 e. The number of hydrogen-bond donors (Lipinski definition) is 1. The largest absolute Gasteiger partial charge is 0.300 e. The van der Waals surface area contributed by atoms with Crippen LogP contribution in [0.25, 0.3) is 0 Å². The Kier molecular flexibility index (Phi) is 5.39. The molecule has 114 valence electrons. The lowest BCUT2D eigenvalue weighted by Crippen LogP contribution is -2.52. The minimum Gasteiger partial charge on any atom is -0.300 e. The van der Waals surface area contributed by atoms with Crippen LogP contribution < -0.4 is 5.32 Å². The molecule has 0 saturated carbocycles. The Morgan fingerprint density at radius 3 is 2.57 bits per heavy atom. The fraction of sp³-hybridized carbons (Fsp3) is 0.611. The average Bonchev–Trinajstić information content (AvgIpc) is 2.51. The summed E-state index contributed by atoms with van der Waals surface area (Å²) >= 11 is 0. The van der Waals surface area contributed by atoms with E-state index in [9.17, 15) is 5.26 Å². The molecule has 3 atom stereocenters. The molecule has 1 aliphatic heterocycles. The molecule has 3 heteroatoms. The van der Waals surface area contributed by atoms with Crippen molar-refractivity contribution in [1.29, 1.82) is 5.26 Å². The number of nitrogens with zero attached hydrogens (tertiary/aromatic N) is 2. The van der Waals surface area contributed by atoms with Crippen LogP contribution in [0.3, 0.4) is 0 Å². The van der Waals surface area contributed by atoms with Gasteiger partial charge in [-0.25, -0.2) is 0 Å². The van der Waals surface area contributed by atoms with E-state index < -0.39 is 5.54 Å². The first kappa shape index (κ1) is 16.0. The normalized spacial score (nSPS) is 26.0. The predicted octanol–water partition coefficient (Wildman–Crippen LogP) is 2.99. The SMILES string of the molecule is CCNC(C#N)(CN1CCC(C)C(C)C1)c1ccccc1. The first-order valence-electron chi connectivity index (χ1n) is 8.05. The molecule has 1 N–H and O–H groups in total. The maximum atomic E-state index is 9.87. The third-order valence-corrected chi connectivity index (χ3v) is 4.82. The van der Waals surface area contributed by atoms with Gasteiger partial charge in [0.1, 0.15) is 5.54 Å². The van der Waals surface area contributed by atoms with Gasteiger partial charge in [-0.1, -0.05) is 51.1 Å². The van der Waals surface area contributed by atoms with E-state index in [1.165, 1.54) is 6.42 Å². The molecule has 1 aromatic rings. The van der Waals surface area contributed by atoms with Crippen molar-refractivity contribution in [2.45, 2.75) is 32.7 Å². The summed E-state index contributed by atoms with van der Waals surface area (Å²) in [7, 11) is 0. The first-order valence-corrected chi connectivity index (χ1v) is 8.05. The van der Waals surface area contributed by atoms with Gasteiger partial charge in [0.05, 0.1) is 6.07 Å². The molecule has 0 aromatic heterocycles. The van der Waals surface area contributed by atoms with E-state index in [1.807, 2.05) is 18.2 Å². The molecule has 0 spiro atoms. The number of nitrogens with one attached hydrogen (secondary N) is 1. The van der Waals surface area contributed by atoms with Crippen LogP contribution in [0.5, 0.6) is 0 Å². The Balaban J connectivity index is 2.19. The third-order valence-electron chi connectivity index (χ3n) is 4.82. The van der Waals surface area contributed by atoms with Crippen LogP contribution in [0, 0.1) is 23.2 Å². The van der Waals surface area contributed by atoms with Gasteiger partial charge in [-0.2, -0.15) is 5.26 Å². The zero-order valence-corrected chi connectivity index (χ0v) is 13.5. The summed E-state index contributed by atoms with van der Waals surface area (Å²) in [6.45, 7) is 10.5. The van der Waals surface area contributed by atoms with Crippen LogP contribution in [-0.4, -0.2) is 31.1 Å². The van der Waals surface area contributed by atoms with E-state index in [-0.39, 0.29) is 0 Å². The van der Waals surface area contributed by atoms with Crippen LogP contribution in [-0.2, 0) is 5.54 Å². The Morgan fingerprint density at radius 2 is 2.00 bits per heavy atom. The van der Waals surface area contributed by atoms with Crippen LogP contribution in [0.15, 0.2) is 30.3 Å². The number of likely N-dealkylation sites (N-methyl/N-ethyl adjacent to an activating group) is 1. The minimum atomic E-state index is -0.601. The van der Waals surface area contributed by atoms with Gasteiger partial charge in [0, 0.05) is 13.1 Å². The molecule has 0 radical (unpaired) electrons. The summed E-state index contributed by atoms with van der Waals surface area (Å²) in [6.07, 6.45) is 1.23. The second-order valence-corrected chi connectivity index (χ2v) is 6.39. The van der Waals surface area contributed by atoms with Crippen LogP contribution >= 0.6 is 0 Å². The second kappa shape index (κ2) is 7.06. The second-order valence-electron chi connectivity index (χ2n) is 6.39. The molecule has 1 aromatic carbocycles. The third kappa shape index (κ3) is 3.64. The van der Waals surface area contributed by atoms with Crippen molar-refractivity contribution < 1.29 is 0 Å². The van der Waals surface area contributed by atoms with Crippen LogP contribution in [0.1, 0.15) is 32.8 Å². The Labute approximate surface area is 129 Å². The zero-order valence-electron chi connectivity index (χ0n) is 13.5. The highest BCUT2D eigenvalue weighted by Crippen LogP contribution is 2.27. The number of piperidine rings is 1. The summed E-state index contributed by atoms with van der Waals surface area (Å²) < 4.78 is 0. The lowest BCUT2D eigenvalue weighted by Gasteiger charge is -2.40. The molecule has 0 amide bonds. The van der Waals surface area contributed by atoms with Crippen molar-refractivity contribution in [2.24, 2.45) is 11.8 Å². The summed E-state index contributed by atoms with van der Waals surface area (Å²) in [5.41, 5.74) is 0.469. The highest BCUT2D eigenvalue weighted by atomic mass is 15.2. The monoisotopic (exact) mass is 285 g/mol. The van der Waals surface area contributed by atoms with E-state index in [0.717, 1.165) is 37.7 Å². The number of likely N-dealkylation sites (tertiary alicyclic amines) is 1. The van der Waals surface area contributed by atoms with Gasteiger partial charge in [-0.15, -0.1) is 0 Å². The van der Waals surface area contributed by atoms with Crippen molar-refractivity contribution in [3.05, 3.63) is 35.9 Å². The van der Waals surface area contributed by atoms with E-state index in [4.69, 9.17) is 0 Å². The molecule has 21 heavy (non-hydrogen) atoms. The van der Waals surface area contributed by atoms with Crippen molar-refractivity contribution in [1.82, 2.24) is 10.2 Å². The maximum absolute atomic E-state index is 9.87. The van der Waals surface area contributed by atoms with Crippen LogP contribution in [0.2, 0.25) is 0 Å². The standard InChI is InChI=1S/C18H27N3/c1-4-20-18(13-19,17-8-6-5-7-9-17)14-21-11-10-15(2)16(3)12-21/h5-9,15-16,20H,4,10-12,14H2,1-3H3. The summed E-state index contributed by atoms with van der Waals surface area (Å²) in [5.74, 6) is 1.49. The summed E-state index contributed by atoms with van der Waals surface area (Å²) in [5, 5.41) is 13.3.